The number of ether oxygens (including phenoxy) is 1. The van der Waals surface area contributed by atoms with Crippen LogP contribution < -0.4 is 10.6 Å². The number of carbonyl (C=O) groups is 1. The third kappa shape index (κ3) is 6.69. The highest BCUT2D eigenvalue weighted by molar-refractivity contribution is 5.68. The molecule has 25 heavy (non-hydrogen) atoms. The lowest BCUT2D eigenvalue weighted by molar-refractivity contribution is 0.0488. The van der Waals surface area contributed by atoms with Gasteiger partial charge in [0, 0.05) is 18.1 Å². The molecule has 1 aliphatic rings. The highest BCUT2D eigenvalue weighted by Gasteiger charge is 2.28. The van der Waals surface area contributed by atoms with Crippen molar-refractivity contribution in [2.24, 2.45) is 0 Å². The summed E-state index contributed by atoms with van der Waals surface area (Å²) in [5.74, 6) is 0. The van der Waals surface area contributed by atoms with E-state index in [0.717, 1.165) is 19.3 Å². The van der Waals surface area contributed by atoms with Crippen LogP contribution in [0.3, 0.4) is 0 Å². The molecule has 1 aromatic carbocycles. The monoisotopic (exact) mass is 346 g/mol. The van der Waals surface area contributed by atoms with Crippen LogP contribution in [0.25, 0.3) is 0 Å². The largest absolute Gasteiger partial charge is 0.444 e. The number of rotatable bonds is 4. The van der Waals surface area contributed by atoms with Crippen LogP contribution in [-0.4, -0.2) is 23.8 Å². The number of alkyl carbamates (subject to hydrolysis) is 1. The van der Waals surface area contributed by atoms with E-state index in [1.54, 1.807) is 0 Å². The normalized spacial score (nSPS) is 22.8. The van der Waals surface area contributed by atoms with Crippen LogP contribution in [0.2, 0.25) is 0 Å². The summed E-state index contributed by atoms with van der Waals surface area (Å²) in [6.45, 7) is 9.99. The smallest absolute Gasteiger partial charge is 0.407 e. The second-order valence-electron chi connectivity index (χ2n) is 8.30. The number of nitrogens with one attached hydrogen (secondary N) is 2. The van der Waals surface area contributed by atoms with E-state index < -0.39 is 5.60 Å². The molecule has 0 spiro atoms. The summed E-state index contributed by atoms with van der Waals surface area (Å²) in [6, 6.07) is 9.30. The fraction of sp³-hybridized carbons (Fsp3) is 0.667. The van der Waals surface area contributed by atoms with Crippen molar-refractivity contribution in [3.8, 4) is 0 Å². The summed E-state index contributed by atoms with van der Waals surface area (Å²) in [5, 5.41) is 6.85. The molecule has 0 aromatic heterocycles. The molecule has 140 valence electrons. The van der Waals surface area contributed by atoms with Crippen LogP contribution in [0.1, 0.15) is 77.0 Å². The first-order valence-corrected chi connectivity index (χ1v) is 9.57. The Morgan fingerprint density at radius 2 is 1.68 bits per heavy atom. The Hall–Kier alpha value is -1.55. The molecule has 0 aliphatic heterocycles. The van der Waals surface area contributed by atoms with Crippen LogP contribution in [-0.2, 0) is 4.74 Å². The Kier molecular flexibility index (Phi) is 6.88. The van der Waals surface area contributed by atoms with Crippen LogP contribution in [0.15, 0.2) is 24.3 Å². The summed E-state index contributed by atoms with van der Waals surface area (Å²) in [7, 11) is 0. The third-order valence-electron chi connectivity index (χ3n) is 4.76. The van der Waals surface area contributed by atoms with Crippen molar-refractivity contribution in [3.63, 3.8) is 0 Å². The molecule has 1 fully saturated rings. The first-order chi connectivity index (χ1) is 11.7. The molecular weight excluding hydrogens is 312 g/mol. The first-order valence-electron chi connectivity index (χ1n) is 9.57. The Morgan fingerprint density at radius 3 is 2.28 bits per heavy atom. The van der Waals surface area contributed by atoms with E-state index in [-0.39, 0.29) is 24.2 Å². The topological polar surface area (TPSA) is 50.4 Å². The van der Waals surface area contributed by atoms with Crippen molar-refractivity contribution in [2.45, 2.75) is 90.4 Å². The average molecular weight is 347 g/mol. The van der Waals surface area contributed by atoms with Crippen molar-refractivity contribution in [3.05, 3.63) is 35.4 Å². The van der Waals surface area contributed by atoms with Crippen molar-refractivity contribution in [1.29, 1.82) is 0 Å². The molecule has 2 rings (SSSR count). The minimum absolute atomic E-state index is 0.116. The molecular formula is C21H34N2O2. The van der Waals surface area contributed by atoms with Crippen molar-refractivity contribution in [2.75, 3.05) is 0 Å². The molecule has 3 unspecified atom stereocenters. The molecule has 1 aromatic rings. The summed E-state index contributed by atoms with van der Waals surface area (Å²) in [5.41, 5.74) is 2.09. The predicted molar refractivity (Wildman–Crippen MR) is 103 cm³/mol. The number of carbonyl (C=O) groups excluding carboxylic acids is 1. The van der Waals surface area contributed by atoms with Crippen molar-refractivity contribution < 1.29 is 9.53 Å². The molecule has 3 atom stereocenters. The van der Waals surface area contributed by atoms with Gasteiger partial charge in [-0.3, -0.25) is 0 Å². The van der Waals surface area contributed by atoms with Crippen molar-refractivity contribution >= 4 is 6.09 Å². The maximum atomic E-state index is 12.2. The predicted octanol–water partition coefficient (Wildman–Crippen LogP) is 4.87. The maximum Gasteiger partial charge on any atom is 0.407 e. The molecule has 0 bridgehead atoms. The SMILES string of the molecule is Cc1ccc(C(C)NC2CCCCCC2NC(=O)OC(C)(C)C)cc1. The number of hydrogen-bond donors (Lipinski definition) is 2. The molecule has 2 N–H and O–H groups in total. The number of hydrogen-bond acceptors (Lipinski definition) is 3. The highest BCUT2D eigenvalue weighted by atomic mass is 16.6. The number of benzene rings is 1. The number of amides is 1. The van der Waals surface area contributed by atoms with E-state index in [9.17, 15) is 4.79 Å². The van der Waals surface area contributed by atoms with Gasteiger partial charge in [0.15, 0.2) is 0 Å². The highest BCUT2D eigenvalue weighted by Crippen LogP contribution is 2.22. The second kappa shape index (κ2) is 8.70. The van der Waals surface area contributed by atoms with Crippen LogP contribution in [0.5, 0.6) is 0 Å². The molecule has 1 amide bonds. The van der Waals surface area contributed by atoms with E-state index in [4.69, 9.17) is 4.74 Å². The lowest BCUT2D eigenvalue weighted by Crippen LogP contribution is -2.51. The van der Waals surface area contributed by atoms with Gasteiger partial charge >= 0.3 is 6.09 Å². The Morgan fingerprint density at radius 1 is 1.08 bits per heavy atom. The van der Waals surface area contributed by atoms with Crippen LogP contribution in [0, 0.1) is 6.92 Å². The summed E-state index contributed by atoms with van der Waals surface area (Å²) in [4.78, 5) is 12.2. The van der Waals surface area contributed by atoms with Gasteiger partial charge in [0.25, 0.3) is 0 Å². The van der Waals surface area contributed by atoms with E-state index >= 15 is 0 Å². The summed E-state index contributed by atoms with van der Waals surface area (Å²) >= 11 is 0. The van der Waals surface area contributed by atoms with Crippen LogP contribution in [0.4, 0.5) is 4.79 Å². The maximum absolute atomic E-state index is 12.2. The molecule has 1 saturated carbocycles. The molecule has 4 heteroatoms. The second-order valence-corrected chi connectivity index (χ2v) is 8.30. The minimum Gasteiger partial charge on any atom is -0.444 e. The standard InChI is InChI=1S/C21H34N2O2/c1-15-11-13-17(14-12-15)16(2)22-18-9-7-6-8-10-19(18)23-20(24)25-21(3,4)5/h11-14,16,18-19,22H,6-10H2,1-5H3,(H,23,24). The lowest BCUT2D eigenvalue weighted by atomic mass is 9.99. The van der Waals surface area contributed by atoms with Gasteiger partial charge in [-0.25, -0.2) is 4.79 Å². The Bertz CT molecular complexity index is 548. The fourth-order valence-corrected chi connectivity index (χ4v) is 3.41. The van der Waals surface area contributed by atoms with E-state index in [1.165, 1.54) is 24.0 Å². The molecule has 0 heterocycles. The van der Waals surface area contributed by atoms with E-state index in [1.807, 2.05) is 20.8 Å². The van der Waals surface area contributed by atoms with Gasteiger partial charge in [0.2, 0.25) is 0 Å². The molecule has 0 saturated heterocycles. The molecule has 0 radical (unpaired) electrons. The summed E-state index contributed by atoms with van der Waals surface area (Å²) < 4.78 is 5.45. The van der Waals surface area contributed by atoms with Gasteiger partial charge < -0.3 is 15.4 Å². The van der Waals surface area contributed by atoms with Gasteiger partial charge in [0.05, 0.1) is 0 Å². The fourth-order valence-electron chi connectivity index (χ4n) is 3.41. The zero-order chi connectivity index (χ0) is 18.4. The molecule has 1 aliphatic carbocycles. The van der Waals surface area contributed by atoms with Gasteiger partial charge in [-0.1, -0.05) is 49.1 Å². The third-order valence-corrected chi connectivity index (χ3v) is 4.76. The lowest BCUT2D eigenvalue weighted by Gasteiger charge is -2.31. The van der Waals surface area contributed by atoms with Crippen molar-refractivity contribution in [1.82, 2.24) is 10.6 Å². The Balaban J connectivity index is 2.01. The zero-order valence-electron chi connectivity index (χ0n) is 16.4. The van der Waals surface area contributed by atoms with Gasteiger partial charge in [-0.2, -0.15) is 0 Å². The Labute approximate surface area is 152 Å². The average Bonchev–Trinajstić information content (AvgIpc) is 2.71. The minimum atomic E-state index is -0.465. The molecule has 4 nitrogen and oxygen atoms in total. The van der Waals surface area contributed by atoms with Gasteiger partial charge in [-0.05, 0) is 53.0 Å². The van der Waals surface area contributed by atoms with E-state index in [0.29, 0.717) is 0 Å². The van der Waals surface area contributed by atoms with Gasteiger partial charge in [0.1, 0.15) is 5.60 Å². The first kappa shape index (κ1) is 19.8. The van der Waals surface area contributed by atoms with Crippen LogP contribution >= 0.6 is 0 Å². The number of aryl methyl sites for hydroxylation is 1. The van der Waals surface area contributed by atoms with E-state index in [2.05, 4.69) is 48.7 Å². The zero-order valence-corrected chi connectivity index (χ0v) is 16.4. The quantitative estimate of drug-likeness (QED) is 0.765. The van der Waals surface area contributed by atoms with Gasteiger partial charge in [-0.15, -0.1) is 0 Å². The summed E-state index contributed by atoms with van der Waals surface area (Å²) in [6.07, 6.45) is 5.34.